The zero-order chi connectivity index (χ0) is 17.5. The Morgan fingerprint density at radius 3 is 2.04 bits per heavy atom. The van der Waals surface area contributed by atoms with E-state index >= 15 is 0 Å². The molecule has 1 atom stereocenters. The number of carbonyl (C=O) groups is 1. The number of anilines is 1. The van der Waals surface area contributed by atoms with Gasteiger partial charge in [-0.05, 0) is 31.4 Å². The number of nitrogens with zero attached hydrogens (tertiary/aromatic N) is 1. The first-order valence-electron chi connectivity index (χ1n) is 7.64. The molecule has 0 fully saturated rings. The lowest BCUT2D eigenvalue weighted by atomic mass is 9.86. The van der Waals surface area contributed by atoms with E-state index in [2.05, 4.69) is 29.4 Å². The molecule has 23 heavy (non-hydrogen) atoms. The Labute approximate surface area is 138 Å². The molecule has 0 amide bonds. The SMILES string of the molecule is Cc1ccc(N[C@H](C(=O)O)C(C)(C)C)cn1.Cc1ccccc1. The third-order valence-electron chi connectivity index (χ3n) is 3.28. The Morgan fingerprint density at radius 2 is 1.70 bits per heavy atom. The number of aromatic nitrogens is 1. The van der Waals surface area contributed by atoms with Gasteiger partial charge in [0.25, 0.3) is 0 Å². The molecule has 0 spiro atoms. The molecule has 2 N–H and O–H groups in total. The van der Waals surface area contributed by atoms with Crippen LogP contribution in [-0.4, -0.2) is 22.1 Å². The van der Waals surface area contributed by atoms with E-state index in [0.29, 0.717) is 0 Å². The molecule has 4 nitrogen and oxygen atoms in total. The molecule has 1 aromatic heterocycles. The fourth-order valence-corrected chi connectivity index (χ4v) is 1.90. The van der Waals surface area contributed by atoms with E-state index in [4.69, 9.17) is 5.11 Å². The van der Waals surface area contributed by atoms with Crippen LogP contribution in [0.25, 0.3) is 0 Å². The summed E-state index contributed by atoms with van der Waals surface area (Å²) in [5.74, 6) is -0.854. The topological polar surface area (TPSA) is 62.2 Å². The Morgan fingerprint density at radius 1 is 1.09 bits per heavy atom. The number of hydrogen-bond acceptors (Lipinski definition) is 3. The van der Waals surface area contributed by atoms with Crippen molar-refractivity contribution < 1.29 is 9.90 Å². The number of aliphatic carboxylic acids is 1. The summed E-state index contributed by atoms with van der Waals surface area (Å²) < 4.78 is 0. The fourth-order valence-electron chi connectivity index (χ4n) is 1.90. The second kappa shape index (κ2) is 8.32. The standard InChI is InChI=1S/C12H18N2O2.C7H8/c1-8-5-6-9(7-13-8)14-10(11(15)16)12(2,3)4;1-7-5-3-2-4-6-7/h5-7,10,14H,1-4H3,(H,15,16);2-6H,1H3/t10-;/m1./s1. The lowest BCUT2D eigenvalue weighted by molar-refractivity contribution is -0.140. The summed E-state index contributed by atoms with van der Waals surface area (Å²) in [6.45, 7) is 9.64. The summed E-state index contributed by atoms with van der Waals surface area (Å²) in [5, 5.41) is 12.1. The number of benzene rings is 1. The van der Waals surface area contributed by atoms with Crippen LogP contribution < -0.4 is 5.32 Å². The summed E-state index contributed by atoms with van der Waals surface area (Å²) in [6.07, 6.45) is 1.65. The molecular weight excluding hydrogens is 288 g/mol. The van der Waals surface area contributed by atoms with E-state index < -0.39 is 12.0 Å². The molecule has 0 bridgehead atoms. The van der Waals surface area contributed by atoms with E-state index in [1.807, 2.05) is 58.0 Å². The van der Waals surface area contributed by atoms with Crippen LogP contribution in [0.1, 0.15) is 32.0 Å². The summed E-state index contributed by atoms with van der Waals surface area (Å²) in [4.78, 5) is 15.3. The second-order valence-corrected chi connectivity index (χ2v) is 6.62. The van der Waals surface area contributed by atoms with Crippen LogP contribution in [0.15, 0.2) is 48.7 Å². The van der Waals surface area contributed by atoms with Crippen molar-refractivity contribution in [2.45, 2.75) is 40.7 Å². The molecular formula is C19H26N2O2. The molecule has 124 valence electrons. The van der Waals surface area contributed by atoms with Crippen LogP contribution in [-0.2, 0) is 4.79 Å². The van der Waals surface area contributed by atoms with Gasteiger partial charge in [0, 0.05) is 5.69 Å². The maximum absolute atomic E-state index is 11.1. The van der Waals surface area contributed by atoms with Crippen LogP contribution in [0.4, 0.5) is 5.69 Å². The van der Waals surface area contributed by atoms with Crippen LogP contribution in [0, 0.1) is 19.3 Å². The molecule has 0 radical (unpaired) electrons. The lowest BCUT2D eigenvalue weighted by Gasteiger charge is -2.28. The smallest absolute Gasteiger partial charge is 0.326 e. The molecule has 0 unspecified atom stereocenters. The molecule has 0 aliphatic carbocycles. The van der Waals surface area contributed by atoms with Gasteiger partial charge in [-0.2, -0.15) is 0 Å². The number of rotatable bonds is 3. The predicted molar refractivity (Wildman–Crippen MR) is 94.7 cm³/mol. The molecule has 1 aromatic carbocycles. The molecule has 0 aliphatic rings. The number of hydrogen-bond donors (Lipinski definition) is 2. The van der Waals surface area contributed by atoms with Gasteiger partial charge < -0.3 is 10.4 Å². The van der Waals surface area contributed by atoms with Gasteiger partial charge in [0.15, 0.2) is 0 Å². The molecule has 4 heteroatoms. The van der Waals surface area contributed by atoms with Crippen molar-refractivity contribution in [3.63, 3.8) is 0 Å². The summed E-state index contributed by atoms with van der Waals surface area (Å²) in [6, 6.07) is 13.3. The summed E-state index contributed by atoms with van der Waals surface area (Å²) in [5.41, 5.74) is 2.61. The van der Waals surface area contributed by atoms with Gasteiger partial charge >= 0.3 is 5.97 Å². The maximum atomic E-state index is 11.1. The highest BCUT2D eigenvalue weighted by atomic mass is 16.4. The van der Waals surface area contributed by atoms with Crippen molar-refractivity contribution in [3.05, 3.63) is 59.9 Å². The third kappa shape index (κ3) is 6.96. The largest absolute Gasteiger partial charge is 0.480 e. The van der Waals surface area contributed by atoms with Crippen LogP contribution in [0.5, 0.6) is 0 Å². The average Bonchev–Trinajstić information content (AvgIpc) is 2.46. The highest BCUT2D eigenvalue weighted by molar-refractivity contribution is 5.78. The third-order valence-corrected chi connectivity index (χ3v) is 3.28. The first-order valence-corrected chi connectivity index (χ1v) is 7.64. The van der Waals surface area contributed by atoms with Crippen molar-refractivity contribution in [1.29, 1.82) is 0 Å². The normalized spacial score (nSPS) is 11.9. The fraction of sp³-hybridized carbons (Fsp3) is 0.368. The van der Waals surface area contributed by atoms with Crippen molar-refractivity contribution >= 4 is 11.7 Å². The summed E-state index contributed by atoms with van der Waals surface area (Å²) in [7, 11) is 0. The number of carboxylic acids is 1. The highest BCUT2D eigenvalue weighted by Gasteiger charge is 2.30. The monoisotopic (exact) mass is 314 g/mol. The maximum Gasteiger partial charge on any atom is 0.326 e. The van der Waals surface area contributed by atoms with Gasteiger partial charge in [0.05, 0.1) is 11.9 Å². The van der Waals surface area contributed by atoms with Gasteiger partial charge in [0.2, 0.25) is 0 Å². The second-order valence-electron chi connectivity index (χ2n) is 6.62. The van der Waals surface area contributed by atoms with Gasteiger partial charge in [-0.1, -0.05) is 56.7 Å². The van der Waals surface area contributed by atoms with Crippen LogP contribution in [0.2, 0.25) is 0 Å². The Balaban J connectivity index is 0.000000313. The molecule has 2 rings (SSSR count). The Bertz CT molecular complexity index is 602. The number of aryl methyl sites for hydroxylation is 2. The molecule has 1 heterocycles. The Hall–Kier alpha value is -2.36. The van der Waals surface area contributed by atoms with Crippen LogP contribution in [0.3, 0.4) is 0 Å². The summed E-state index contributed by atoms with van der Waals surface area (Å²) >= 11 is 0. The van der Waals surface area contributed by atoms with Crippen molar-refractivity contribution in [2.24, 2.45) is 5.41 Å². The number of carboxylic acid groups (broad SMARTS) is 1. The van der Waals surface area contributed by atoms with Crippen molar-refractivity contribution in [1.82, 2.24) is 4.98 Å². The number of nitrogens with one attached hydrogen (secondary N) is 1. The van der Waals surface area contributed by atoms with Crippen molar-refractivity contribution in [3.8, 4) is 0 Å². The van der Waals surface area contributed by atoms with Crippen LogP contribution >= 0.6 is 0 Å². The minimum absolute atomic E-state index is 0.350. The molecule has 0 saturated heterocycles. The minimum atomic E-state index is -0.854. The first-order chi connectivity index (χ1) is 10.7. The molecule has 0 aliphatic heterocycles. The average molecular weight is 314 g/mol. The molecule has 2 aromatic rings. The first kappa shape index (κ1) is 18.7. The lowest BCUT2D eigenvalue weighted by Crippen LogP contribution is -2.41. The Kier molecular flexibility index (Phi) is 6.76. The van der Waals surface area contributed by atoms with E-state index in [9.17, 15) is 4.79 Å². The predicted octanol–water partition coefficient (Wildman–Crippen LogP) is 4.30. The van der Waals surface area contributed by atoms with Gasteiger partial charge in [-0.15, -0.1) is 0 Å². The molecule has 0 saturated carbocycles. The van der Waals surface area contributed by atoms with Gasteiger partial charge in [-0.3, -0.25) is 4.98 Å². The van der Waals surface area contributed by atoms with E-state index in [0.717, 1.165) is 11.4 Å². The zero-order valence-electron chi connectivity index (χ0n) is 14.5. The van der Waals surface area contributed by atoms with E-state index in [1.165, 1.54) is 5.56 Å². The minimum Gasteiger partial charge on any atom is -0.480 e. The van der Waals surface area contributed by atoms with Gasteiger partial charge in [-0.25, -0.2) is 4.79 Å². The zero-order valence-corrected chi connectivity index (χ0v) is 14.5. The van der Waals surface area contributed by atoms with E-state index in [1.54, 1.807) is 6.20 Å². The van der Waals surface area contributed by atoms with Crippen molar-refractivity contribution in [2.75, 3.05) is 5.32 Å². The highest BCUT2D eigenvalue weighted by Crippen LogP contribution is 2.23. The van der Waals surface area contributed by atoms with E-state index in [-0.39, 0.29) is 5.41 Å². The van der Waals surface area contributed by atoms with Gasteiger partial charge in [0.1, 0.15) is 6.04 Å². The number of pyridine rings is 1. The quantitative estimate of drug-likeness (QED) is 0.887.